The minimum Gasteiger partial charge on any atom is -0.325 e. The van der Waals surface area contributed by atoms with Gasteiger partial charge in [0.25, 0.3) is 0 Å². The molecule has 1 heterocycles. The maximum absolute atomic E-state index is 12.1. The SMILES string of the molecule is Cc1ccccc1NC(=O)CSc1nncn1-c1ccccc1. The lowest BCUT2D eigenvalue weighted by molar-refractivity contribution is -0.113. The fourth-order valence-electron chi connectivity index (χ4n) is 2.12. The summed E-state index contributed by atoms with van der Waals surface area (Å²) in [7, 11) is 0. The van der Waals surface area contributed by atoms with Crippen molar-refractivity contribution in [3.8, 4) is 5.69 Å². The second-order valence-corrected chi connectivity index (χ2v) is 5.91. The van der Waals surface area contributed by atoms with Crippen LogP contribution in [0.25, 0.3) is 5.69 Å². The number of carbonyl (C=O) groups is 1. The van der Waals surface area contributed by atoms with Gasteiger partial charge in [-0.2, -0.15) is 0 Å². The van der Waals surface area contributed by atoms with Crippen LogP contribution in [0.2, 0.25) is 0 Å². The molecule has 116 valence electrons. The summed E-state index contributed by atoms with van der Waals surface area (Å²) in [6, 6.07) is 17.5. The molecule has 23 heavy (non-hydrogen) atoms. The predicted octanol–water partition coefficient (Wildman–Crippen LogP) is 3.31. The normalized spacial score (nSPS) is 10.5. The monoisotopic (exact) mass is 324 g/mol. The summed E-state index contributed by atoms with van der Waals surface area (Å²) < 4.78 is 1.87. The van der Waals surface area contributed by atoms with Crippen LogP contribution in [-0.4, -0.2) is 26.4 Å². The van der Waals surface area contributed by atoms with Crippen LogP contribution in [0.15, 0.2) is 66.1 Å². The minimum atomic E-state index is -0.0630. The van der Waals surface area contributed by atoms with E-state index < -0.39 is 0 Å². The molecule has 0 aliphatic heterocycles. The maximum atomic E-state index is 12.1. The number of para-hydroxylation sites is 2. The Hall–Kier alpha value is -2.60. The Morgan fingerprint density at radius 2 is 1.87 bits per heavy atom. The lowest BCUT2D eigenvalue weighted by Crippen LogP contribution is -2.15. The van der Waals surface area contributed by atoms with E-state index in [0.717, 1.165) is 16.9 Å². The van der Waals surface area contributed by atoms with Gasteiger partial charge in [-0.1, -0.05) is 48.2 Å². The van der Waals surface area contributed by atoms with Crippen molar-refractivity contribution in [2.45, 2.75) is 12.1 Å². The van der Waals surface area contributed by atoms with E-state index >= 15 is 0 Å². The number of hydrogen-bond acceptors (Lipinski definition) is 4. The van der Waals surface area contributed by atoms with Gasteiger partial charge in [0.1, 0.15) is 6.33 Å². The van der Waals surface area contributed by atoms with Gasteiger partial charge >= 0.3 is 0 Å². The molecule has 5 nitrogen and oxygen atoms in total. The van der Waals surface area contributed by atoms with Gasteiger partial charge in [-0.3, -0.25) is 9.36 Å². The minimum absolute atomic E-state index is 0.0630. The van der Waals surface area contributed by atoms with Crippen LogP contribution in [0.3, 0.4) is 0 Å². The Kier molecular flexibility index (Phi) is 4.73. The van der Waals surface area contributed by atoms with Crippen molar-refractivity contribution < 1.29 is 4.79 Å². The molecular weight excluding hydrogens is 308 g/mol. The first-order chi connectivity index (χ1) is 11.2. The largest absolute Gasteiger partial charge is 0.325 e. The maximum Gasteiger partial charge on any atom is 0.234 e. The standard InChI is InChI=1S/C17H16N4OS/c1-13-7-5-6-10-15(13)19-16(22)11-23-17-20-18-12-21(17)14-8-3-2-4-9-14/h2-10,12H,11H2,1H3,(H,19,22). The third kappa shape index (κ3) is 3.78. The molecule has 3 aromatic rings. The molecule has 0 unspecified atom stereocenters. The van der Waals surface area contributed by atoms with Crippen molar-refractivity contribution in [3.05, 3.63) is 66.5 Å². The molecule has 0 aliphatic rings. The molecule has 0 bridgehead atoms. The first-order valence-corrected chi connectivity index (χ1v) is 8.16. The number of amides is 1. The van der Waals surface area contributed by atoms with E-state index in [1.54, 1.807) is 6.33 Å². The number of aromatic nitrogens is 3. The molecule has 3 rings (SSSR count). The van der Waals surface area contributed by atoms with Crippen molar-refractivity contribution in [1.82, 2.24) is 14.8 Å². The zero-order valence-electron chi connectivity index (χ0n) is 12.6. The lowest BCUT2D eigenvalue weighted by Gasteiger charge is -2.08. The van der Waals surface area contributed by atoms with Crippen molar-refractivity contribution in [2.75, 3.05) is 11.1 Å². The molecule has 0 saturated heterocycles. The van der Waals surface area contributed by atoms with E-state index in [0.29, 0.717) is 5.16 Å². The molecule has 1 amide bonds. The smallest absolute Gasteiger partial charge is 0.234 e. The number of carbonyl (C=O) groups excluding carboxylic acids is 1. The summed E-state index contributed by atoms with van der Waals surface area (Å²) >= 11 is 1.36. The third-order valence-electron chi connectivity index (χ3n) is 3.30. The van der Waals surface area contributed by atoms with Crippen LogP contribution in [0.4, 0.5) is 5.69 Å². The van der Waals surface area contributed by atoms with Gasteiger partial charge in [0.2, 0.25) is 5.91 Å². The molecule has 0 fully saturated rings. The third-order valence-corrected chi connectivity index (χ3v) is 4.25. The average Bonchev–Trinajstić information content (AvgIpc) is 3.04. The van der Waals surface area contributed by atoms with E-state index in [2.05, 4.69) is 15.5 Å². The van der Waals surface area contributed by atoms with Crippen LogP contribution < -0.4 is 5.32 Å². The Morgan fingerprint density at radius 3 is 2.65 bits per heavy atom. The summed E-state index contributed by atoms with van der Waals surface area (Å²) in [6.45, 7) is 1.97. The highest BCUT2D eigenvalue weighted by Gasteiger charge is 2.10. The summed E-state index contributed by atoms with van der Waals surface area (Å²) in [5, 5.41) is 11.6. The van der Waals surface area contributed by atoms with Gasteiger partial charge < -0.3 is 5.32 Å². The molecule has 0 spiro atoms. The molecule has 0 radical (unpaired) electrons. The molecule has 6 heteroatoms. The molecule has 0 saturated carbocycles. The summed E-state index contributed by atoms with van der Waals surface area (Å²) in [5.41, 5.74) is 2.85. The van der Waals surface area contributed by atoms with Crippen molar-refractivity contribution in [3.63, 3.8) is 0 Å². The highest BCUT2D eigenvalue weighted by atomic mass is 32.2. The number of nitrogens with one attached hydrogen (secondary N) is 1. The Labute approximate surface area is 138 Å². The Bertz CT molecular complexity index is 801. The number of hydrogen-bond donors (Lipinski definition) is 1. The van der Waals surface area contributed by atoms with Crippen molar-refractivity contribution in [1.29, 1.82) is 0 Å². The fourth-order valence-corrected chi connectivity index (χ4v) is 2.85. The molecular formula is C17H16N4OS. The van der Waals surface area contributed by atoms with Gasteiger partial charge in [-0.15, -0.1) is 10.2 Å². The quantitative estimate of drug-likeness (QED) is 0.732. The van der Waals surface area contributed by atoms with Crippen molar-refractivity contribution in [2.24, 2.45) is 0 Å². The average molecular weight is 324 g/mol. The molecule has 0 aliphatic carbocycles. The summed E-state index contributed by atoms with van der Waals surface area (Å²) in [6.07, 6.45) is 1.65. The zero-order valence-corrected chi connectivity index (χ0v) is 13.5. The predicted molar refractivity (Wildman–Crippen MR) is 91.9 cm³/mol. The van der Waals surface area contributed by atoms with Gasteiger partial charge in [-0.25, -0.2) is 0 Å². The fraction of sp³-hybridized carbons (Fsp3) is 0.118. The lowest BCUT2D eigenvalue weighted by atomic mass is 10.2. The zero-order chi connectivity index (χ0) is 16.1. The van der Waals surface area contributed by atoms with E-state index in [4.69, 9.17) is 0 Å². The van der Waals surface area contributed by atoms with Crippen molar-refractivity contribution >= 4 is 23.4 Å². The highest BCUT2D eigenvalue weighted by molar-refractivity contribution is 7.99. The number of benzene rings is 2. The summed E-state index contributed by atoms with van der Waals surface area (Å²) in [5.74, 6) is 0.215. The molecule has 2 aromatic carbocycles. The first-order valence-electron chi connectivity index (χ1n) is 7.18. The second kappa shape index (κ2) is 7.11. The van der Waals surface area contributed by atoms with Gasteiger partial charge in [0.15, 0.2) is 5.16 Å². The van der Waals surface area contributed by atoms with E-state index in [9.17, 15) is 4.79 Å². The first kappa shape index (κ1) is 15.3. The van der Waals surface area contributed by atoms with Crippen LogP contribution >= 0.6 is 11.8 Å². The molecule has 1 aromatic heterocycles. The van der Waals surface area contributed by atoms with E-state index in [1.807, 2.05) is 66.1 Å². The number of thioether (sulfide) groups is 1. The van der Waals surface area contributed by atoms with Gasteiger partial charge in [0.05, 0.1) is 5.75 Å². The summed E-state index contributed by atoms with van der Waals surface area (Å²) in [4.78, 5) is 12.1. The van der Waals surface area contributed by atoms with Crippen LogP contribution in [0.5, 0.6) is 0 Å². The second-order valence-electron chi connectivity index (χ2n) is 4.97. The Morgan fingerprint density at radius 1 is 1.13 bits per heavy atom. The van der Waals surface area contributed by atoms with E-state index in [-0.39, 0.29) is 11.7 Å². The van der Waals surface area contributed by atoms with Crippen LogP contribution in [0.1, 0.15) is 5.56 Å². The molecule has 1 N–H and O–H groups in total. The molecule has 0 atom stereocenters. The Balaban J connectivity index is 1.64. The van der Waals surface area contributed by atoms with Crippen LogP contribution in [-0.2, 0) is 4.79 Å². The van der Waals surface area contributed by atoms with E-state index in [1.165, 1.54) is 11.8 Å². The number of aryl methyl sites for hydroxylation is 1. The van der Waals surface area contributed by atoms with Crippen LogP contribution in [0, 0.1) is 6.92 Å². The highest BCUT2D eigenvalue weighted by Crippen LogP contribution is 2.20. The topological polar surface area (TPSA) is 59.8 Å². The number of nitrogens with zero attached hydrogens (tertiary/aromatic N) is 3. The van der Waals surface area contributed by atoms with Gasteiger partial charge in [-0.05, 0) is 30.7 Å². The van der Waals surface area contributed by atoms with Gasteiger partial charge in [0, 0.05) is 11.4 Å². The number of anilines is 1. The number of rotatable bonds is 5.